The molecule has 0 unspecified atom stereocenters. The van der Waals surface area contributed by atoms with Gasteiger partial charge in [-0.2, -0.15) is 0 Å². The number of amides is 1. The van der Waals surface area contributed by atoms with Gasteiger partial charge in [-0.3, -0.25) is 4.79 Å². The number of nitrogens with zero attached hydrogens (tertiary/aromatic N) is 3. The van der Waals surface area contributed by atoms with Gasteiger partial charge in [0.05, 0.1) is 6.04 Å². The fourth-order valence-corrected chi connectivity index (χ4v) is 2.95. The Morgan fingerprint density at radius 3 is 2.60 bits per heavy atom. The average molecular weight is 308 g/mol. The van der Waals surface area contributed by atoms with Crippen LogP contribution in [0.4, 0.5) is 0 Å². The van der Waals surface area contributed by atoms with Crippen LogP contribution in [0.15, 0.2) is 30.3 Å². The third-order valence-electron chi connectivity index (χ3n) is 3.42. The van der Waals surface area contributed by atoms with E-state index in [4.69, 9.17) is 23.2 Å². The Morgan fingerprint density at radius 2 is 1.90 bits per heavy atom. The molecule has 0 aliphatic carbocycles. The summed E-state index contributed by atoms with van der Waals surface area (Å²) in [5, 5.41) is 0.243. The van der Waals surface area contributed by atoms with Gasteiger partial charge in [0.2, 0.25) is 5.28 Å². The Hall–Kier alpha value is -1.65. The maximum absolute atomic E-state index is 12.4. The van der Waals surface area contributed by atoms with E-state index in [1.165, 1.54) is 0 Å². The summed E-state index contributed by atoms with van der Waals surface area (Å²) in [6.07, 6.45) is 0. The van der Waals surface area contributed by atoms with Gasteiger partial charge in [0.15, 0.2) is 0 Å². The van der Waals surface area contributed by atoms with E-state index in [1.54, 1.807) is 4.90 Å². The fraction of sp³-hybridized carbons (Fsp3) is 0.214. The van der Waals surface area contributed by atoms with Crippen molar-refractivity contribution in [3.8, 4) is 0 Å². The van der Waals surface area contributed by atoms with Crippen LogP contribution in [0.2, 0.25) is 10.4 Å². The lowest BCUT2D eigenvalue weighted by Gasteiger charge is -2.21. The topological polar surface area (TPSA) is 46.1 Å². The molecule has 0 fully saturated rings. The largest absolute Gasteiger partial charge is 0.326 e. The first-order chi connectivity index (χ1) is 9.58. The molecule has 0 saturated heterocycles. The first-order valence-electron chi connectivity index (χ1n) is 6.15. The van der Waals surface area contributed by atoms with Crippen molar-refractivity contribution in [2.45, 2.75) is 19.5 Å². The van der Waals surface area contributed by atoms with E-state index in [1.807, 2.05) is 37.3 Å². The molecule has 4 nitrogen and oxygen atoms in total. The number of aromatic nitrogens is 2. The highest BCUT2D eigenvalue weighted by molar-refractivity contribution is 6.33. The maximum atomic E-state index is 12.4. The molecule has 0 bridgehead atoms. The molecule has 1 aliphatic heterocycles. The molecule has 1 atom stereocenters. The lowest BCUT2D eigenvalue weighted by atomic mass is 10.1. The van der Waals surface area contributed by atoms with Gasteiger partial charge in [-0.15, -0.1) is 0 Å². The molecule has 2 heterocycles. The van der Waals surface area contributed by atoms with Crippen molar-refractivity contribution in [1.82, 2.24) is 14.9 Å². The van der Waals surface area contributed by atoms with Crippen LogP contribution in [0, 0.1) is 0 Å². The lowest BCUT2D eigenvalue weighted by molar-refractivity contribution is 0.0719. The van der Waals surface area contributed by atoms with Crippen LogP contribution < -0.4 is 0 Å². The molecule has 0 radical (unpaired) electrons. The first-order valence-corrected chi connectivity index (χ1v) is 6.91. The normalized spacial score (nSPS) is 17.4. The number of carbonyl (C=O) groups excluding carboxylic acids is 1. The summed E-state index contributed by atoms with van der Waals surface area (Å²) in [6, 6.07) is 9.61. The molecule has 1 aliphatic rings. The minimum Gasteiger partial charge on any atom is -0.326 e. The van der Waals surface area contributed by atoms with Crippen LogP contribution >= 0.6 is 23.2 Å². The fourth-order valence-electron chi connectivity index (χ4n) is 2.41. The first kappa shape index (κ1) is 13.3. The predicted octanol–water partition coefficient (Wildman–Crippen LogP) is 3.50. The maximum Gasteiger partial charge on any atom is 0.273 e. The van der Waals surface area contributed by atoms with Crippen molar-refractivity contribution < 1.29 is 4.79 Å². The molecule has 3 rings (SSSR count). The third kappa shape index (κ3) is 2.15. The molecule has 0 spiro atoms. The van der Waals surface area contributed by atoms with E-state index < -0.39 is 0 Å². The molecule has 6 heteroatoms. The molecular weight excluding hydrogens is 297 g/mol. The van der Waals surface area contributed by atoms with Crippen molar-refractivity contribution in [2.75, 3.05) is 0 Å². The van der Waals surface area contributed by atoms with Crippen LogP contribution in [-0.2, 0) is 6.54 Å². The summed E-state index contributed by atoms with van der Waals surface area (Å²) in [6.45, 7) is 2.42. The third-order valence-corrected chi connectivity index (χ3v) is 3.87. The molecule has 1 amide bonds. The van der Waals surface area contributed by atoms with E-state index in [0.717, 1.165) is 5.56 Å². The van der Waals surface area contributed by atoms with Gasteiger partial charge in [-0.1, -0.05) is 41.9 Å². The second-order valence-electron chi connectivity index (χ2n) is 4.64. The van der Waals surface area contributed by atoms with Gasteiger partial charge >= 0.3 is 0 Å². The SMILES string of the molecule is C[C@H]1c2c(Cl)nc(Cl)nc2C(=O)N1Cc1ccccc1. The van der Waals surface area contributed by atoms with Gasteiger partial charge < -0.3 is 4.90 Å². The van der Waals surface area contributed by atoms with Gasteiger partial charge in [0.1, 0.15) is 10.8 Å². The molecule has 20 heavy (non-hydrogen) atoms. The summed E-state index contributed by atoms with van der Waals surface area (Å²) in [4.78, 5) is 22.1. The molecule has 102 valence electrons. The average Bonchev–Trinajstić information content (AvgIpc) is 2.65. The number of hydrogen-bond acceptors (Lipinski definition) is 3. The van der Waals surface area contributed by atoms with Crippen LogP contribution in [-0.4, -0.2) is 20.8 Å². The van der Waals surface area contributed by atoms with Gasteiger partial charge in [-0.25, -0.2) is 9.97 Å². The van der Waals surface area contributed by atoms with Gasteiger partial charge in [0, 0.05) is 12.1 Å². The van der Waals surface area contributed by atoms with Crippen LogP contribution in [0.3, 0.4) is 0 Å². The zero-order chi connectivity index (χ0) is 14.3. The summed E-state index contributed by atoms with van der Waals surface area (Å²) in [7, 11) is 0. The number of rotatable bonds is 2. The summed E-state index contributed by atoms with van der Waals surface area (Å²) < 4.78 is 0. The number of halogens is 2. The van der Waals surface area contributed by atoms with E-state index in [-0.39, 0.29) is 22.4 Å². The van der Waals surface area contributed by atoms with Crippen molar-refractivity contribution in [1.29, 1.82) is 0 Å². The minimum absolute atomic E-state index is 0.00383. The van der Waals surface area contributed by atoms with Crippen molar-refractivity contribution in [3.05, 3.63) is 57.6 Å². The molecule has 0 saturated carbocycles. The second kappa shape index (κ2) is 5.04. The second-order valence-corrected chi connectivity index (χ2v) is 5.34. The standard InChI is InChI=1S/C14H11Cl2N3O/c1-8-10-11(17-14(16)18-12(10)15)13(20)19(8)7-9-5-3-2-4-6-9/h2-6,8H,7H2,1H3/t8-/m0/s1. The molecular formula is C14H11Cl2N3O. The number of hydrogen-bond donors (Lipinski definition) is 0. The molecule has 2 aromatic rings. The zero-order valence-electron chi connectivity index (χ0n) is 10.7. The highest BCUT2D eigenvalue weighted by Gasteiger charge is 2.38. The predicted molar refractivity (Wildman–Crippen MR) is 76.8 cm³/mol. The van der Waals surface area contributed by atoms with Crippen LogP contribution in [0.25, 0.3) is 0 Å². The van der Waals surface area contributed by atoms with Crippen LogP contribution in [0.5, 0.6) is 0 Å². The number of fused-ring (bicyclic) bond motifs is 1. The van der Waals surface area contributed by atoms with E-state index >= 15 is 0 Å². The summed E-state index contributed by atoms with van der Waals surface area (Å²) in [5.74, 6) is -0.164. The Morgan fingerprint density at radius 1 is 1.20 bits per heavy atom. The van der Waals surface area contributed by atoms with Gasteiger partial charge in [-0.05, 0) is 24.1 Å². The zero-order valence-corrected chi connectivity index (χ0v) is 12.2. The highest BCUT2D eigenvalue weighted by atomic mass is 35.5. The quantitative estimate of drug-likeness (QED) is 0.630. The van der Waals surface area contributed by atoms with Gasteiger partial charge in [0.25, 0.3) is 5.91 Å². The van der Waals surface area contributed by atoms with Crippen molar-refractivity contribution in [3.63, 3.8) is 0 Å². The van der Waals surface area contributed by atoms with E-state index in [0.29, 0.717) is 17.8 Å². The Balaban J connectivity index is 1.97. The number of carbonyl (C=O) groups is 1. The minimum atomic E-state index is -0.164. The Kier molecular flexibility index (Phi) is 3.36. The number of benzene rings is 1. The van der Waals surface area contributed by atoms with Crippen molar-refractivity contribution in [2.24, 2.45) is 0 Å². The Labute approximate surface area is 126 Å². The Bertz CT molecular complexity index is 676. The summed E-state index contributed by atoms with van der Waals surface area (Å²) in [5.41, 5.74) is 2.01. The monoisotopic (exact) mass is 307 g/mol. The lowest BCUT2D eigenvalue weighted by Crippen LogP contribution is -2.26. The highest BCUT2D eigenvalue weighted by Crippen LogP contribution is 2.37. The molecule has 1 aromatic carbocycles. The van der Waals surface area contributed by atoms with Crippen LogP contribution in [0.1, 0.15) is 34.6 Å². The van der Waals surface area contributed by atoms with E-state index in [2.05, 4.69) is 9.97 Å². The smallest absolute Gasteiger partial charge is 0.273 e. The van der Waals surface area contributed by atoms with E-state index in [9.17, 15) is 4.79 Å². The summed E-state index contributed by atoms with van der Waals surface area (Å²) >= 11 is 11.9. The van der Waals surface area contributed by atoms with Crippen molar-refractivity contribution >= 4 is 29.1 Å². The molecule has 1 aromatic heterocycles. The molecule has 0 N–H and O–H groups in total.